The molecular weight excluding hydrogens is 264 g/mol. The second kappa shape index (κ2) is 6.92. The Hall–Kier alpha value is -2.30. The highest BCUT2D eigenvalue weighted by Crippen LogP contribution is 2.25. The molecule has 0 aliphatic heterocycles. The minimum Gasteiger partial charge on any atom is -0.476 e. The van der Waals surface area contributed by atoms with E-state index in [1.807, 2.05) is 0 Å². The highest BCUT2D eigenvalue weighted by molar-refractivity contribution is 5.66. The average molecular weight is 286 g/mol. The molecule has 1 aromatic heterocycles. The summed E-state index contributed by atoms with van der Waals surface area (Å²) < 4.78 is 5.59. The Kier molecular flexibility index (Phi) is 4.98. The Morgan fingerprint density at radius 3 is 2.57 bits per heavy atom. The Bertz CT molecular complexity index is 581. The lowest BCUT2D eigenvalue weighted by Crippen LogP contribution is -2.10. The molecule has 0 fully saturated rings. The van der Waals surface area contributed by atoms with Gasteiger partial charge >= 0.3 is 0 Å². The third kappa shape index (κ3) is 4.34. The summed E-state index contributed by atoms with van der Waals surface area (Å²) >= 11 is 0. The first kappa shape index (κ1) is 15.1. The van der Waals surface area contributed by atoms with Crippen LogP contribution in [0.2, 0.25) is 0 Å². The minimum absolute atomic E-state index is 0.420. The number of rotatable bonds is 6. The largest absolute Gasteiger partial charge is 0.476 e. The number of hydrogen-bond donors (Lipinski definition) is 2. The summed E-state index contributed by atoms with van der Waals surface area (Å²) in [6, 6.07) is 8.32. The number of aryl methyl sites for hydroxylation is 1. The van der Waals surface area contributed by atoms with E-state index in [0.29, 0.717) is 36.5 Å². The van der Waals surface area contributed by atoms with Crippen LogP contribution in [0.15, 0.2) is 30.6 Å². The summed E-state index contributed by atoms with van der Waals surface area (Å²) in [5, 5.41) is 3.22. The molecule has 0 spiro atoms. The van der Waals surface area contributed by atoms with Gasteiger partial charge in [0.1, 0.15) is 12.0 Å². The van der Waals surface area contributed by atoms with Gasteiger partial charge in [-0.1, -0.05) is 43.7 Å². The number of nitrogens with two attached hydrogens (primary N) is 1. The molecule has 0 saturated carbocycles. The lowest BCUT2D eigenvalue weighted by atomic mass is 10.1. The predicted octanol–water partition coefficient (Wildman–Crippen LogP) is 3.01. The third-order valence-electron chi connectivity index (χ3n) is 2.98. The van der Waals surface area contributed by atoms with Crippen LogP contribution in [0.3, 0.4) is 0 Å². The normalized spacial score (nSPS) is 10.7. The molecule has 3 N–H and O–H groups in total. The van der Waals surface area contributed by atoms with Crippen LogP contribution in [0.25, 0.3) is 0 Å². The monoisotopic (exact) mass is 286 g/mol. The third-order valence-corrected chi connectivity index (χ3v) is 2.98. The molecule has 0 bridgehead atoms. The van der Waals surface area contributed by atoms with Crippen molar-refractivity contribution in [2.75, 3.05) is 17.7 Å². The van der Waals surface area contributed by atoms with Gasteiger partial charge in [0.15, 0.2) is 5.82 Å². The molecule has 2 rings (SSSR count). The summed E-state index contributed by atoms with van der Waals surface area (Å²) in [6.07, 6.45) is 1.46. The number of nitrogen functional groups attached to an aromatic ring is 1. The first-order valence-corrected chi connectivity index (χ1v) is 7.09. The van der Waals surface area contributed by atoms with Gasteiger partial charge in [0.25, 0.3) is 0 Å². The van der Waals surface area contributed by atoms with Gasteiger partial charge in [-0.15, -0.1) is 0 Å². The highest BCUT2D eigenvalue weighted by atomic mass is 16.5. The van der Waals surface area contributed by atoms with Crippen LogP contribution in [-0.4, -0.2) is 16.6 Å². The fraction of sp³-hybridized carbons (Fsp3) is 0.375. The minimum atomic E-state index is 0.420. The first-order chi connectivity index (χ1) is 10.1. The van der Waals surface area contributed by atoms with Crippen LogP contribution in [-0.2, 0) is 6.54 Å². The molecule has 0 radical (unpaired) electrons. The number of nitrogens with zero attached hydrogens (tertiary/aromatic N) is 2. The average Bonchev–Trinajstić information content (AvgIpc) is 2.46. The van der Waals surface area contributed by atoms with Crippen LogP contribution in [0, 0.1) is 12.8 Å². The Labute approximate surface area is 125 Å². The zero-order valence-electron chi connectivity index (χ0n) is 12.8. The summed E-state index contributed by atoms with van der Waals surface area (Å²) in [5.41, 5.74) is 8.90. The van der Waals surface area contributed by atoms with Crippen LogP contribution in [0.4, 0.5) is 11.5 Å². The quantitative estimate of drug-likeness (QED) is 0.854. The second-order valence-electron chi connectivity index (χ2n) is 5.49. The summed E-state index contributed by atoms with van der Waals surface area (Å²) in [5.74, 6) is 1.46. The predicted molar refractivity (Wildman–Crippen MR) is 85.3 cm³/mol. The van der Waals surface area contributed by atoms with Crippen molar-refractivity contribution in [3.8, 4) is 5.88 Å². The Morgan fingerprint density at radius 1 is 1.19 bits per heavy atom. The van der Waals surface area contributed by atoms with E-state index >= 15 is 0 Å². The van der Waals surface area contributed by atoms with E-state index in [1.165, 1.54) is 17.5 Å². The molecular formula is C16H22N4O. The van der Waals surface area contributed by atoms with E-state index in [9.17, 15) is 0 Å². The lowest BCUT2D eigenvalue weighted by Gasteiger charge is -2.13. The van der Waals surface area contributed by atoms with Crippen molar-refractivity contribution < 1.29 is 4.74 Å². The number of ether oxygens (including phenoxy) is 1. The molecule has 0 amide bonds. The number of nitrogens with one attached hydrogen (secondary N) is 1. The smallest absolute Gasteiger partial charge is 0.242 e. The molecule has 5 nitrogen and oxygen atoms in total. The van der Waals surface area contributed by atoms with E-state index in [-0.39, 0.29) is 0 Å². The van der Waals surface area contributed by atoms with Gasteiger partial charge in [0.2, 0.25) is 5.88 Å². The van der Waals surface area contributed by atoms with Crippen molar-refractivity contribution in [1.29, 1.82) is 0 Å². The first-order valence-electron chi connectivity index (χ1n) is 7.09. The van der Waals surface area contributed by atoms with Crippen LogP contribution < -0.4 is 15.8 Å². The molecule has 21 heavy (non-hydrogen) atoms. The SMILES string of the molecule is Cc1ccc(CNc2ncnc(OCC(C)C)c2N)cc1. The summed E-state index contributed by atoms with van der Waals surface area (Å²) in [4.78, 5) is 8.25. The zero-order valence-corrected chi connectivity index (χ0v) is 12.8. The van der Waals surface area contributed by atoms with Crippen molar-refractivity contribution in [3.63, 3.8) is 0 Å². The van der Waals surface area contributed by atoms with E-state index in [4.69, 9.17) is 10.5 Å². The van der Waals surface area contributed by atoms with Crippen molar-refractivity contribution in [2.45, 2.75) is 27.3 Å². The van der Waals surface area contributed by atoms with Gasteiger partial charge < -0.3 is 15.8 Å². The maximum absolute atomic E-state index is 6.05. The van der Waals surface area contributed by atoms with Crippen molar-refractivity contribution in [3.05, 3.63) is 41.7 Å². The van der Waals surface area contributed by atoms with Crippen LogP contribution in [0.1, 0.15) is 25.0 Å². The zero-order chi connectivity index (χ0) is 15.2. The van der Waals surface area contributed by atoms with Crippen molar-refractivity contribution >= 4 is 11.5 Å². The van der Waals surface area contributed by atoms with E-state index in [1.54, 1.807) is 0 Å². The number of aromatic nitrogens is 2. The number of anilines is 2. The van der Waals surface area contributed by atoms with Crippen molar-refractivity contribution in [2.24, 2.45) is 5.92 Å². The molecule has 2 aromatic rings. The van der Waals surface area contributed by atoms with Gasteiger partial charge in [-0.2, -0.15) is 4.98 Å². The maximum Gasteiger partial charge on any atom is 0.242 e. The molecule has 5 heteroatoms. The maximum atomic E-state index is 6.05. The van der Waals surface area contributed by atoms with Crippen molar-refractivity contribution in [1.82, 2.24) is 9.97 Å². The van der Waals surface area contributed by atoms with Gasteiger partial charge in [-0.3, -0.25) is 0 Å². The second-order valence-corrected chi connectivity index (χ2v) is 5.49. The lowest BCUT2D eigenvalue weighted by molar-refractivity contribution is 0.262. The van der Waals surface area contributed by atoms with E-state index in [0.717, 1.165) is 0 Å². The summed E-state index contributed by atoms with van der Waals surface area (Å²) in [7, 11) is 0. The van der Waals surface area contributed by atoms with Crippen LogP contribution in [0.5, 0.6) is 5.88 Å². The Balaban J connectivity index is 2.02. The van der Waals surface area contributed by atoms with Gasteiger partial charge in [-0.05, 0) is 18.4 Å². The molecule has 1 heterocycles. The molecule has 0 unspecified atom stereocenters. The topological polar surface area (TPSA) is 73.1 Å². The van der Waals surface area contributed by atoms with E-state index in [2.05, 4.69) is 60.3 Å². The molecule has 112 valence electrons. The fourth-order valence-electron chi connectivity index (χ4n) is 1.77. The Morgan fingerprint density at radius 2 is 1.90 bits per heavy atom. The molecule has 0 saturated heterocycles. The molecule has 1 aromatic carbocycles. The standard InChI is InChI=1S/C16H22N4O/c1-11(2)9-21-16-14(17)15(19-10-20-16)18-8-13-6-4-12(3)5-7-13/h4-7,10-11H,8-9,17H2,1-3H3,(H,18,19,20). The van der Waals surface area contributed by atoms with Crippen LogP contribution >= 0.6 is 0 Å². The number of benzene rings is 1. The van der Waals surface area contributed by atoms with E-state index < -0.39 is 0 Å². The molecule has 0 atom stereocenters. The number of hydrogen-bond acceptors (Lipinski definition) is 5. The van der Waals surface area contributed by atoms with Gasteiger partial charge in [-0.25, -0.2) is 4.98 Å². The molecule has 0 aliphatic rings. The highest BCUT2D eigenvalue weighted by Gasteiger charge is 2.09. The van der Waals surface area contributed by atoms with Gasteiger partial charge in [0.05, 0.1) is 6.61 Å². The summed E-state index contributed by atoms with van der Waals surface area (Å²) in [6.45, 7) is 7.46. The molecule has 0 aliphatic carbocycles. The fourth-order valence-corrected chi connectivity index (χ4v) is 1.77. The van der Waals surface area contributed by atoms with Gasteiger partial charge in [0, 0.05) is 6.54 Å².